The van der Waals surface area contributed by atoms with Gasteiger partial charge in [-0.2, -0.15) is 0 Å². The molecule has 2 heterocycles. The van der Waals surface area contributed by atoms with E-state index in [1.54, 1.807) is 7.11 Å². The van der Waals surface area contributed by atoms with Crippen molar-refractivity contribution in [2.24, 2.45) is 11.3 Å². The van der Waals surface area contributed by atoms with Crippen molar-refractivity contribution in [3.8, 4) is 11.4 Å². The third-order valence-electron chi connectivity index (χ3n) is 6.07. The zero-order valence-electron chi connectivity index (χ0n) is 20.0. The van der Waals surface area contributed by atoms with Gasteiger partial charge in [0.15, 0.2) is 5.78 Å². The lowest BCUT2D eigenvalue weighted by Gasteiger charge is -2.29. The van der Waals surface area contributed by atoms with E-state index < -0.39 is 5.92 Å². The van der Waals surface area contributed by atoms with Gasteiger partial charge in [-0.1, -0.05) is 51.1 Å². The zero-order valence-corrected chi connectivity index (χ0v) is 20.0. The summed E-state index contributed by atoms with van der Waals surface area (Å²) in [4.78, 5) is 33.5. The standard InChI is InChI=1S/C25H36N4O3/c1-25(2,3)19(24(31)26-12-15-32-5)16-21(30)22-20-17-28(4)13-9-14-29(20)23(27-22)18-10-7-6-8-11-18/h6-8,10-11,19H,9,12-17H2,1-5H3,(H,26,31)/t19-/m1/s1. The fourth-order valence-corrected chi connectivity index (χ4v) is 4.23. The first-order valence-corrected chi connectivity index (χ1v) is 11.4. The van der Waals surface area contributed by atoms with Gasteiger partial charge in [0.25, 0.3) is 0 Å². The van der Waals surface area contributed by atoms with Crippen molar-refractivity contribution in [1.82, 2.24) is 19.8 Å². The van der Waals surface area contributed by atoms with Gasteiger partial charge in [-0.25, -0.2) is 4.98 Å². The average molecular weight is 441 g/mol. The van der Waals surface area contributed by atoms with Gasteiger partial charge >= 0.3 is 0 Å². The van der Waals surface area contributed by atoms with Crippen LogP contribution in [0.4, 0.5) is 0 Å². The number of hydrogen-bond acceptors (Lipinski definition) is 5. The number of fused-ring (bicyclic) bond motifs is 1. The molecule has 0 saturated heterocycles. The Morgan fingerprint density at radius 2 is 1.91 bits per heavy atom. The number of rotatable bonds is 8. The Kier molecular flexibility index (Phi) is 7.85. The number of aromatic nitrogens is 2. The van der Waals surface area contributed by atoms with Crippen molar-refractivity contribution in [1.29, 1.82) is 0 Å². The molecule has 32 heavy (non-hydrogen) atoms. The maximum atomic E-state index is 13.6. The Bertz CT molecular complexity index is 931. The monoisotopic (exact) mass is 440 g/mol. The summed E-state index contributed by atoms with van der Waals surface area (Å²) in [6, 6.07) is 10.0. The highest BCUT2D eigenvalue weighted by Gasteiger charge is 2.35. The summed E-state index contributed by atoms with van der Waals surface area (Å²) in [5.41, 5.74) is 2.09. The molecule has 3 rings (SSSR count). The molecule has 0 fully saturated rings. The first kappa shape index (κ1) is 24.1. The number of ketones is 1. The third kappa shape index (κ3) is 5.64. The van der Waals surface area contributed by atoms with E-state index in [0.717, 1.165) is 36.6 Å². The van der Waals surface area contributed by atoms with Crippen LogP contribution in [0.1, 0.15) is 49.8 Å². The number of Topliss-reactive ketones (excluding diaryl/α,β-unsaturated/α-hetero) is 1. The van der Waals surface area contributed by atoms with E-state index in [-0.39, 0.29) is 23.5 Å². The highest BCUT2D eigenvalue weighted by Crippen LogP contribution is 2.32. The van der Waals surface area contributed by atoms with Gasteiger partial charge in [-0.15, -0.1) is 0 Å². The maximum Gasteiger partial charge on any atom is 0.224 e. The Balaban J connectivity index is 1.94. The van der Waals surface area contributed by atoms with E-state index in [0.29, 0.717) is 25.4 Å². The second kappa shape index (κ2) is 10.4. The van der Waals surface area contributed by atoms with Crippen LogP contribution in [-0.2, 0) is 22.6 Å². The van der Waals surface area contributed by atoms with Gasteiger partial charge in [-0.3, -0.25) is 9.59 Å². The van der Waals surface area contributed by atoms with Gasteiger partial charge in [-0.05, 0) is 25.4 Å². The van der Waals surface area contributed by atoms with Gasteiger partial charge < -0.3 is 19.5 Å². The molecule has 0 aliphatic carbocycles. The number of amides is 1. The molecule has 0 unspecified atom stereocenters. The second-order valence-electron chi connectivity index (χ2n) is 9.67. The summed E-state index contributed by atoms with van der Waals surface area (Å²) in [7, 11) is 3.67. The molecule has 0 radical (unpaired) electrons. The Labute approximate surface area is 191 Å². The number of carbonyl (C=O) groups excluding carboxylic acids is 2. The van der Waals surface area contributed by atoms with Crippen LogP contribution < -0.4 is 5.32 Å². The van der Waals surface area contributed by atoms with Crippen molar-refractivity contribution in [3.63, 3.8) is 0 Å². The summed E-state index contributed by atoms with van der Waals surface area (Å²) in [5, 5.41) is 2.91. The van der Waals surface area contributed by atoms with E-state index in [4.69, 9.17) is 9.72 Å². The number of nitrogens with zero attached hydrogens (tertiary/aromatic N) is 3. The van der Waals surface area contributed by atoms with E-state index >= 15 is 0 Å². The molecule has 1 aromatic carbocycles. The molecule has 1 aliphatic heterocycles. The van der Waals surface area contributed by atoms with Gasteiger partial charge in [0, 0.05) is 38.7 Å². The third-order valence-corrected chi connectivity index (χ3v) is 6.07. The van der Waals surface area contributed by atoms with Crippen LogP contribution in [0.5, 0.6) is 0 Å². The molecule has 7 heteroatoms. The zero-order chi connectivity index (χ0) is 23.3. The van der Waals surface area contributed by atoms with Crippen molar-refractivity contribution < 1.29 is 14.3 Å². The molecule has 1 aromatic heterocycles. The van der Waals surface area contributed by atoms with Crippen molar-refractivity contribution in [2.75, 3.05) is 33.9 Å². The number of methoxy groups -OCH3 is 1. The molecular weight excluding hydrogens is 404 g/mol. The fourth-order valence-electron chi connectivity index (χ4n) is 4.23. The average Bonchev–Trinajstić information content (AvgIpc) is 2.98. The minimum atomic E-state index is -0.451. The van der Waals surface area contributed by atoms with E-state index in [2.05, 4.69) is 21.8 Å². The normalized spacial score (nSPS) is 15.7. The SMILES string of the molecule is COCCNC(=O)[C@@H](CC(=O)c1nc(-c2ccccc2)n2c1CN(C)CCC2)C(C)(C)C. The van der Waals surface area contributed by atoms with Crippen LogP contribution in [-0.4, -0.2) is 60.0 Å². The topological polar surface area (TPSA) is 76.5 Å². The Morgan fingerprint density at radius 3 is 2.56 bits per heavy atom. The smallest absolute Gasteiger partial charge is 0.224 e. The lowest BCUT2D eigenvalue weighted by atomic mass is 9.77. The lowest BCUT2D eigenvalue weighted by Crippen LogP contribution is -2.40. The van der Waals surface area contributed by atoms with E-state index in [1.165, 1.54) is 0 Å². The first-order chi connectivity index (χ1) is 15.2. The second-order valence-corrected chi connectivity index (χ2v) is 9.67. The lowest BCUT2D eigenvalue weighted by molar-refractivity contribution is -0.128. The first-order valence-electron chi connectivity index (χ1n) is 11.4. The number of nitrogens with one attached hydrogen (secondary N) is 1. The largest absolute Gasteiger partial charge is 0.383 e. The predicted octanol–water partition coefficient (Wildman–Crippen LogP) is 3.38. The molecule has 1 atom stereocenters. The van der Waals surface area contributed by atoms with Crippen LogP contribution in [0.25, 0.3) is 11.4 Å². The van der Waals surface area contributed by atoms with Crippen molar-refractivity contribution in [3.05, 3.63) is 41.7 Å². The molecule has 0 spiro atoms. The van der Waals surface area contributed by atoms with Crippen molar-refractivity contribution >= 4 is 11.7 Å². The molecule has 7 nitrogen and oxygen atoms in total. The van der Waals surface area contributed by atoms with Crippen LogP contribution in [0.2, 0.25) is 0 Å². The van der Waals surface area contributed by atoms with Crippen LogP contribution in [0, 0.1) is 11.3 Å². The van der Waals surface area contributed by atoms with Gasteiger partial charge in [0.1, 0.15) is 11.5 Å². The summed E-state index contributed by atoms with van der Waals surface area (Å²) >= 11 is 0. The summed E-state index contributed by atoms with van der Waals surface area (Å²) in [5.74, 6) is 0.186. The predicted molar refractivity (Wildman–Crippen MR) is 125 cm³/mol. The Morgan fingerprint density at radius 1 is 1.19 bits per heavy atom. The van der Waals surface area contributed by atoms with E-state index in [9.17, 15) is 9.59 Å². The summed E-state index contributed by atoms with van der Waals surface area (Å²) < 4.78 is 7.23. The Hall–Kier alpha value is -2.51. The molecule has 2 aromatic rings. The number of carbonyl (C=O) groups is 2. The fraction of sp³-hybridized carbons (Fsp3) is 0.560. The molecule has 1 amide bonds. The van der Waals surface area contributed by atoms with Gasteiger partial charge in [0.05, 0.1) is 18.2 Å². The van der Waals surface area contributed by atoms with E-state index in [1.807, 2.05) is 51.1 Å². The molecule has 0 saturated carbocycles. The quantitative estimate of drug-likeness (QED) is 0.503. The molecular formula is C25H36N4O3. The number of hydrogen-bond donors (Lipinski definition) is 1. The minimum absolute atomic E-state index is 0.0759. The minimum Gasteiger partial charge on any atom is -0.383 e. The number of benzene rings is 1. The molecule has 174 valence electrons. The highest BCUT2D eigenvalue weighted by atomic mass is 16.5. The van der Waals surface area contributed by atoms with Crippen molar-refractivity contribution in [2.45, 2.75) is 46.7 Å². The summed E-state index contributed by atoms with van der Waals surface area (Å²) in [6.07, 6.45) is 1.13. The van der Waals surface area contributed by atoms with Crippen LogP contribution in [0.3, 0.4) is 0 Å². The maximum absolute atomic E-state index is 13.6. The number of imidazole rings is 1. The number of ether oxygens (including phenoxy) is 1. The van der Waals surface area contributed by atoms with Crippen LogP contribution in [0.15, 0.2) is 30.3 Å². The highest BCUT2D eigenvalue weighted by molar-refractivity contribution is 5.99. The molecule has 0 bridgehead atoms. The molecule has 1 aliphatic rings. The molecule has 1 N–H and O–H groups in total. The van der Waals surface area contributed by atoms with Crippen LogP contribution >= 0.6 is 0 Å². The summed E-state index contributed by atoms with van der Waals surface area (Å²) in [6.45, 7) is 9.32. The van der Waals surface area contributed by atoms with Gasteiger partial charge in [0.2, 0.25) is 5.91 Å².